The predicted octanol–water partition coefficient (Wildman–Crippen LogP) is -7.88. The number of aliphatic carboxylic acids is 2. The van der Waals surface area contributed by atoms with E-state index in [4.69, 9.17) is 22.3 Å². The molecule has 1 aromatic carbocycles. The first-order valence-corrected chi connectivity index (χ1v) is 36.8. The Labute approximate surface area is 648 Å². The number of phenols is 1. The first kappa shape index (κ1) is 99.1. The van der Waals surface area contributed by atoms with Gasteiger partial charge in [0.25, 0.3) is 0 Å². The highest BCUT2D eigenvalue weighted by atomic mass is 32.1. The van der Waals surface area contributed by atoms with E-state index >= 15 is 0 Å². The maximum atomic E-state index is 14.3. The zero-order chi connectivity index (χ0) is 84.9. The lowest BCUT2D eigenvalue weighted by atomic mass is 9.99. The third kappa shape index (κ3) is 36.7. The molecule has 0 aliphatic carbocycles. The van der Waals surface area contributed by atoms with Crippen LogP contribution < -0.4 is 91.6 Å². The van der Waals surface area contributed by atoms with Crippen molar-refractivity contribution in [2.45, 2.75) is 237 Å². The number of aromatic hydroxyl groups is 1. The summed E-state index contributed by atoms with van der Waals surface area (Å²) >= 11 is 4.05. The number of phenolic OH excluding ortho intramolecular Hbond substituents is 1. The Balaban J connectivity index is 3.19. The van der Waals surface area contributed by atoms with Crippen molar-refractivity contribution < 1.29 is 117 Å². The second kappa shape index (κ2) is 50.1. The third-order valence-electron chi connectivity index (χ3n) is 16.8. The molecule has 15 amide bonds. The molecule has 1 rings (SSSR count). The first-order chi connectivity index (χ1) is 51.8. The standard InChI is InChI=1S/C69H115N17O24S/c1-31(2)24-43(77-57(97)40(71)14-12-13-23-70)59(99)79-45(26-38-15-17-39(91)18-16-38)61(101)78-44(25-32(3)4)60(100)80-46(28-87)62(102)84-53(34(7)8)65(105)74-35(9)56(96)73-27-50(93)83-52(33(5)6)66(106)81-47(29-88)63(103)85-55(37(11)90)68(108)86-54(36(10)89)67(107)82-48(30-111)64(104)75-41(19-21-49(72)92)58(98)76-42(69(109)110)20-22-51(94)95/h15-18,31-37,40-48,52-55,87-91,111H,12-14,19-30,70-71H2,1-11H3,(H2,72,92)(H,73,96)(H,74,105)(H,75,104)(H,76,98)(H,77,97)(H,78,101)(H,79,99)(H,80,100)(H,81,106)(H,82,107)(H,83,93)(H,84,102)(H,85,103)(H,86,108)(H,94,95)(H,109,110)/t35-,36+,37+,40-,41-,42-,43-,44-,45-,46-,47-,48-,52-,53-,54-,55-/m0/s1. The summed E-state index contributed by atoms with van der Waals surface area (Å²) in [7, 11) is 0. The fourth-order valence-corrected chi connectivity index (χ4v) is 10.8. The average Bonchev–Trinajstić information content (AvgIpc) is 0.854. The lowest BCUT2D eigenvalue weighted by molar-refractivity contribution is -0.143. The van der Waals surface area contributed by atoms with Gasteiger partial charge in [-0.1, -0.05) is 73.9 Å². The minimum Gasteiger partial charge on any atom is -0.508 e. The number of carboxylic acids is 2. The summed E-state index contributed by atoms with van der Waals surface area (Å²) in [5.41, 5.74) is 17.4. The average molecular weight is 1600 g/mol. The number of hydrogen-bond donors (Lipinski definition) is 25. The van der Waals surface area contributed by atoms with Gasteiger partial charge in [-0.3, -0.25) is 76.7 Å². The molecule has 0 aromatic heterocycles. The molecule has 0 heterocycles. The van der Waals surface area contributed by atoms with Crippen LogP contribution in [0.5, 0.6) is 5.75 Å². The lowest BCUT2D eigenvalue weighted by Crippen LogP contribution is -2.64. The quantitative estimate of drug-likeness (QED) is 0.0213. The molecule has 111 heavy (non-hydrogen) atoms. The van der Waals surface area contributed by atoms with Crippen molar-refractivity contribution in [1.29, 1.82) is 0 Å². The van der Waals surface area contributed by atoms with Gasteiger partial charge in [0, 0.05) is 25.0 Å². The SMILES string of the molecule is CC(C)C[C@H](NC(=O)[C@H](Cc1ccc(O)cc1)NC(=O)[C@H](CC(C)C)NC(=O)[C@@H](N)CCCCN)C(=O)N[C@@H](CO)C(=O)N[C@H](C(=O)N[C@@H](C)C(=O)NCC(=O)N[C@H](C(=O)N[C@@H](CO)C(=O)N[C@H](C(=O)N[C@H](C(=O)N[C@@H](CS)C(=O)N[C@@H](CCC(N)=O)C(=O)N[C@@H](CCC(=O)O)C(=O)O)[C@@H](C)O)[C@@H](C)O)C(C)C)C(C)C. The van der Waals surface area contributed by atoms with Gasteiger partial charge in [0.2, 0.25) is 88.6 Å². The number of benzene rings is 1. The molecule has 0 radical (unpaired) electrons. The molecule has 0 saturated carbocycles. The molecule has 0 bridgehead atoms. The van der Waals surface area contributed by atoms with Gasteiger partial charge < -0.3 is 127 Å². The van der Waals surface area contributed by atoms with E-state index in [0.717, 1.165) is 13.8 Å². The number of carboxylic acid groups (broad SMARTS) is 2. The Kier molecular flexibility index (Phi) is 44.7. The smallest absolute Gasteiger partial charge is 0.326 e. The number of carbonyl (C=O) groups is 17. The number of carbonyl (C=O) groups excluding carboxylic acids is 15. The maximum Gasteiger partial charge on any atom is 0.326 e. The van der Waals surface area contributed by atoms with E-state index < -0.39 is 260 Å². The molecule has 41 nitrogen and oxygen atoms in total. The highest BCUT2D eigenvalue weighted by Gasteiger charge is 2.39. The molecular formula is C69H115N17O24S. The summed E-state index contributed by atoms with van der Waals surface area (Å²) in [6, 6.07) is -16.4. The Morgan fingerprint density at radius 3 is 1.26 bits per heavy atom. The molecule has 0 aliphatic rings. The van der Waals surface area contributed by atoms with Crippen molar-refractivity contribution in [3.8, 4) is 5.75 Å². The van der Waals surface area contributed by atoms with Crippen LogP contribution in [0.2, 0.25) is 0 Å². The van der Waals surface area contributed by atoms with Crippen molar-refractivity contribution in [3.63, 3.8) is 0 Å². The predicted molar refractivity (Wildman–Crippen MR) is 399 cm³/mol. The summed E-state index contributed by atoms with van der Waals surface area (Å²) in [5, 5.41) is 103. The number of nitrogens with two attached hydrogens (primary N) is 3. The number of nitrogens with one attached hydrogen (secondary N) is 14. The van der Waals surface area contributed by atoms with Crippen LogP contribution in [-0.2, 0) is 87.9 Å². The lowest BCUT2D eigenvalue weighted by Gasteiger charge is -2.29. The molecular weight excluding hydrogens is 1480 g/mol. The van der Waals surface area contributed by atoms with Gasteiger partial charge in [-0.05, 0) is 107 Å². The van der Waals surface area contributed by atoms with Gasteiger partial charge in [-0.2, -0.15) is 12.6 Å². The monoisotopic (exact) mass is 1600 g/mol. The summed E-state index contributed by atoms with van der Waals surface area (Å²) in [4.78, 5) is 225. The number of primary amides is 1. The number of hydrogen-bond acceptors (Lipinski definition) is 25. The van der Waals surface area contributed by atoms with Crippen LogP contribution in [0.3, 0.4) is 0 Å². The van der Waals surface area contributed by atoms with Crippen LogP contribution in [-0.4, -0.2) is 265 Å². The van der Waals surface area contributed by atoms with Crippen molar-refractivity contribution >= 4 is 113 Å². The molecule has 16 atom stereocenters. The van der Waals surface area contributed by atoms with E-state index in [1.54, 1.807) is 13.8 Å². The number of rotatable bonds is 52. The van der Waals surface area contributed by atoms with E-state index in [2.05, 4.69) is 87.1 Å². The Morgan fingerprint density at radius 2 is 0.802 bits per heavy atom. The fourth-order valence-electron chi connectivity index (χ4n) is 10.5. The summed E-state index contributed by atoms with van der Waals surface area (Å²) in [6.07, 6.45) is -4.48. The van der Waals surface area contributed by atoms with Crippen molar-refractivity contribution in [2.75, 3.05) is 32.1 Å². The third-order valence-corrected chi connectivity index (χ3v) is 17.2. The van der Waals surface area contributed by atoms with Crippen molar-refractivity contribution in [2.24, 2.45) is 40.9 Å². The molecule has 27 N–H and O–H groups in total. The van der Waals surface area contributed by atoms with E-state index in [0.29, 0.717) is 31.4 Å². The molecule has 42 heteroatoms. The summed E-state index contributed by atoms with van der Waals surface area (Å²) in [5.74, 6) is -21.0. The van der Waals surface area contributed by atoms with E-state index in [1.807, 2.05) is 13.8 Å². The van der Waals surface area contributed by atoms with E-state index in [9.17, 15) is 112 Å². The van der Waals surface area contributed by atoms with Crippen LogP contribution in [0.25, 0.3) is 0 Å². The van der Waals surface area contributed by atoms with Crippen LogP contribution >= 0.6 is 12.6 Å². The number of unbranched alkanes of at least 4 members (excludes halogenated alkanes) is 1. The Morgan fingerprint density at radius 1 is 0.423 bits per heavy atom. The Hall–Kier alpha value is -9.88. The van der Waals surface area contributed by atoms with Gasteiger partial charge in [0.1, 0.15) is 84.3 Å². The first-order valence-electron chi connectivity index (χ1n) is 36.2. The minimum atomic E-state index is -2.02. The van der Waals surface area contributed by atoms with Crippen molar-refractivity contribution in [1.82, 2.24) is 74.4 Å². The molecule has 1 aromatic rings. The topological polar surface area (TPSA) is 678 Å². The van der Waals surface area contributed by atoms with Crippen LogP contribution in [0, 0.1) is 23.7 Å². The minimum absolute atomic E-state index is 0.0365. The van der Waals surface area contributed by atoms with Gasteiger partial charge in [0.15, 0.2) is 0 Å². The highest BCUT2D eigenvalue weighted by Crippen LogP contribution is 2.16. The van der Waals surface area contributed by atoms with Gasteiger partial charge in [0.05, 0.1) is 38.0 Å². The second-order valence-corrected chi connectivity index (χ2v) is 28.6. The molecule has 0 saturated heterocycles. The number of thiol groups is 1. The molecule has 0 fully saturated rings. The van der Waals surface area contributed by atoms with Crippen LogP contribution in [0.15, 0.2) is 24.3 Å². The molecule has 0 spiro atoms. The summed E-state index contributed by atoms with van der Waals surface area (Å²) in [6.45, 7) is 13.7. The molecule has 626 valence electrons. The summed E-state index contributed by atoms with van der Waals surface area (Å²) < 4.78 is 0. The van der Waals surface area contributed by atoms with Gasteiger partial charge in [-0.15, -0.1) is 0 Å². The van der Waals surface area contributed by atoms with Crippen LogP contribution in [0.4, 0.5) is 0 Å². The fraction of sp³-hybridized carbons (Fsp3) is 0.667. The van der Waals surface area contributed by atoms with Crippen LogP contribution in [0.1, 0.15) is 140 Å². The zero-order valence-corrected chi connectivity index (χ0v) is 65.1. The highest BCUT2D eigenvalue weighted by molar-refractivity contribution is 7.80. The van der Waals surface area contributed by atoms with E-state index in [-0.39, 0.29) is 36.8 Å². The number of amides is 15. The van der Waals surface area contributed by atoms with Gasteiger partial charge in [-0.25, -0.2) is 4.79 Å². The number of aliphatic hydroxyl groups is 4. The zero-order valence-electron chi connectivity index (χ0n) is 64.2. The molecule has 0 aliphatic heterocycles. The largest absolute Gasteiger partial charge is 0.508 e. The normalized spacial score (nSPS) is 15.6. The van der Waals surface area contributed by atoms with Gasteiger partial charge >= 0.3 is 11.9 Å². The Bertz CT molecular complexity index is 3330. The maximum absolute atomic E-state index is 14.3. The van der Waals surface area contributed by atoms with Crippen molar-refractivity contribution in [3.05, 3.63) is 29.8 Å². The number of aliphatic hydroxyl groups excluding tert-OH is 4. The molecule has 0 unspecified atom stereocenters. The van der Waals surface area contributed by atoms with E-state index in [1.165, 1.54) is 58.9 Å². The second-order valence-electron chi connectivity index (χ2n) is 28.3.